The van der Waals surface area contributed by atoms with E-state index >= 15 is 0 Å². The van der Waals surface area contributed by atoms with Crippen LogP contribution in [0, 0.1) is 0 Å². The number of hydrogen-bond donors (Lipinski definition) is 1. The molecule has 0 spiro atoms. The summed E-state index contributed by atoms with van der Waals surface area (Å²) in [6, 6.07) is 0.0917. The van der Waals surface area contributed by atoms with Crippen molar-refractivity contribution >= 4 is 5.78 Å². The van der Waals surface area contributed by atoms with Crippen LogP contribution in [-0.4, -0.2) is 48.6 Å². The predicted molar refractivity (Wildman–Crippen MR) is 65.9 cm³/mol. The molecule has 0 aromatic heterocycles. The first-order chi connectivity index (χ1) is 8.97. The maximum atomic E-state index is 12.2. The van der Waals surface area contributed by atoms with Crippen LogP contribution in [0.1, 0.15) is 38.5 Å². The molecule has 2 aliphatic rings. The van der Waals surface area contributed by atoms with Crippen LogP contribution < -0.4 is 5.32 Å². The van der Waals surface area contributed by atoms with Crippen molar-refractivity contribution in [2.45, 2.75) is 56.8 Å². The molecule has 0 saturated carbocycles. The monoisotopic (exact) mass is 278 g/mol. The quantitative estimate of drug-likeness (QED) is 0.855. The third-order valence-electron chi connectivity index (χ3n) is 4.10. The molecule has 19 heavy (non-hydrogen) atoms. The van der Waals surface area contributed by atoms with E-state index in [2.05, 4.69) is 10.2 Å². The van der Waals surface area contributed by atoms with Crippen molar-refractivity contribution in [2.24, 2.45) is 0 Å². The van der Waals surface area contributed by atoms with Gasteiger partial charge in [-0.2, -0.15) is 13.2 Å². The summed E-state index contributed by atoms with van der Waals surface area (Å²) in [7, 11) is 0. The number of Topliss-reactive ketones (excluding diaryl/α,β-unsaturated/α-hetero) is 1. The minimum atomic E-state index is -4.23. The van der Waals surface area contributed by atoms with E-state index in [1.54, 1.807) is 0 Å². The largest absolute Gasteiger partial charge is 0.389 e. The normalized spacial score (nSPS) is 26.8. The number of nitrogens with zero attached hydrogens (tertiary/aromatic N) is 1. The molecule has 6 heteroatoms. The summed E-state index contributed by atoms with van der Waals surface area (Å²) in [4.78, 5) is 14.1. The number of nitrogens with one attached hydrogen (secondary N) is 1. The van der Waals surface area contributed by atoms with Crippen molar-refractivity contribution in [1.82, 2.24) is 10.2 Å². The van der Waals surface area contributed by atoms with Gasteiger partial charge in [-0.15, -0.1) is 0 Å². The Morgan fingerprint density at radius 2 is 1.89 bits per heavy atom. The number of carbonyl (C=O) groups is 1. The number of alkyl halides is 3. The van der Waals surface area contributed by atoms with E-state index in [0.29, 0.717) is 6.04 Å². The van der Waals surface area contributed by atoms with Crippen molar-refractivity contribution in [2.75, 3.05) is 19.6 Å². The number of hydrogen-bond acceptors (Lipinski definition) is 3. The highest BCUT2D eigenvalue weighted by atomic mass is 19.4. The molecule has 1 atom stereocenters. The van der Waals surface area contributed by atoms with Gasteiger partial charge in [0.25, 0.3) is 0 Å². The molecule has 0 amide bonds. The van der Waals surface area contributed by atoms with E-state index in [1.165, 1.54) is 0 Å². The average molecular weight is 278 g/mol. The third kappa shape index (κ3) is 4.18. The van der Waals surface area contributed by atoms with Gasteiger partial charge in [-0.05, 0) is 45.3 Å². The number of ketones is 1. The van der Waals surface area contributed by atoms with Gasteiger partial charge in [0.05, 0.1) is 12.5 Å². The first-order valence-corrected chi connectivity index (χ1v) is 7.03. The Kier molecular flexibility index (Phi) is 4.84. The molecule has 2 aliphatic heterocycles. The van der Waals surface area contributed by atoms with Gasteiger partial charge in [0.1, 0.15) is 5.78 Å². The Balaban J connectivity index is 1.88. The number of halogens is 3. The van der Waals surface area contributed by atoms with Gasteiger partial charge in [0.2, 0.25) is 0 Å². The van der Waals surface area contributed by atoms with Gasteiger partial charge in [-0.1, -0.05) is 0 Å². The second-order valence-corrected chi connectivity index (χ2v) is 5.46. The van der Waals surface area contributed by atoms with Gasteiger partial charge in [0, 0.05) is 12.5 Å². The molecule has 110 valence electrons. The summed E-state index contributed by atoms with van der Waals surface area (Å²) < 4.78 is 36.5. The Labute approximate surface area is 111 Å². The maximum Gasteiger partial charge on any atom is 0.389 e. The molecule has 1 N–H and O–H groups in total. The van der Waals surface area contributed by atoms with Crippen LogP contribution >= 0.6 is 0 Å². The second kappa shape index (κ2) is 6.22. The molecule has 0 radical (unpaired) electrons. The number of likely N-dealkylation sites (tertiary alicyclic amines) is 1. The zero-order valence-electron chi connectivity index (χ0n) is 11.0. The van der Waals surface area contributed by atoms with Crippen LogP contribution in [0.2, 0.25) is 0 Å². The van der Waals surface area contributed by atoms with Gasteiger partial charge in [0.15, 0.2) is 0 Å². The highest BCUT2D eigenvalue weighted by Crippen LogP contribution is 2.28. The lowest BCUT2D eigenvalue weighted by Crippen LogP contribution is -2.47. The van der Waals surface area contributed by atoms with Crippen LogP contribution in [0.25, 0.3) is 0 Å². The Morgan fingerprint density at radius 3 is 2.53 bits per heavy atom. The zero-order chi connectivity index (χ0) is 13.9. The molecule has 0 aliphatic carbocycles. The van der Waals surface area contributed by atoms with E-state index in [1.807, 2.05) is 0 Å². The summed E-state index contributed by atoms with van der Waals surface area (Å²) in [6.07, 6.45) is -1.95. The highest BCUT2D eigenvalue weighted by molar-refractivity contribution is 5.84. The molecular formula is C13H21F3N2O. The fourth-order valence-corrected chi connectivity index (χ4v) is 3.14. The first-order valence-electron chi connectivity index (χ1n) is 7.03. The van der Waals surface area contributed by atoms with Gasteiger partial charge in [-0.3, -0.25) is 9.69 Å². The van der Waals surface area contributed by atoms with E-state index in [-0.39, 0.29) is 18.2 Å². The van der Waals surface area contributed by atoms with Crippen molar-refractivity contribution < 1.29 is 18.0 Å². The first kappa shape index (κ1) is 14.8. The molecule has 3 nitrogen and oxygen atoms in total. The number of piperidine rings is 1. The molecule has 2 rings (SSSR count). The van der Waals surface area contributed by atoms with Gasteiger partial charge < -0.3 is 5.32 Å². The van der Waals surface area contributed by atoms with Crippen molar-refractivity contribution in [3.8, 4) is 0 Å². The SMILES string of the molecule is O=C(CCC(F)(F)F)C1CCCN1C1CCNCC1. The lowest BCUT2D eigenvalue weighted by molar-refractivity contribution is -0.145. The lowest BCUT2D eigenvalue weighted by atomic mass is 10.00. The van der Waals surface area contributed by atoms with Crippen LogP contribution in [0.4, 0.5) is 13.2 Å². The Morgan fingerprint density at radius 1 is 1.21 bits per heavy atom. The summed E-state index contributed by atoms with van der Waals surface area (Å²) in [5.74, 6) is -0.228. The smallest absolute Gasteiger partial charge is 0.317 e. The minimum absolute atomic E-state index is 0.228. The minimum Gasteiger partial charge on any atom is -0.317 e. The molecular weight excluding hydrogens is 257 g/mol. The fraction of sp³-hybridized carbons (Fsp3) is 0.923. The van der Waals surface area contributed by atoms with Crippen LogP contribution in [0.5, 0.6) is 0 Å². The van der Waals surface area contributed by atoms with Gasteiger partial charge >= 0.3 is 6.18 Å². The molecule has 2 fully saturated rings. The Hall–Kier alpha value is -0.620. The van der Waals surface area contributed by atoms with Crippen molar-refractivity contribution in [1.29, 1.82) is 0 Å². The average Bonchev–Trinajstić information content (AvgIpc) is 2.85. The summed E-state index contributed by atoms with van der Waals surface area (Å²) in [5.41, 5.74) is 0. The van der Waals surface area contributed by atoms with E-state index in [4.69, 9.17) is 0 Å². The van der Waals surface area contributed by atoms with E-state index in [9.17, 15) is 18.0 Å². The Bertz CT molecular complexity index is 314. The van der Waals surface area contributed by atoms with Crippen LogP contribution in [0.15, 0.2) is 0 Å². The second-order valence-electron chi connectivity index (χ2n) is 5.46. The number of carbonyl (C=O) groups excluding carboxylic acids is 1. The standard InChI is InChI=1S/C13H21F3N2O/c14-13(15,16)6-3-12(19)11-2-1-9-18(11)10-4-7-17-8-5-10/h10-11,17H,1-9H2. The molecule has 2 heterocycles. The summed E-state index contributed by atoms with van der Waals surface area (Å²) in [5, 5.41) is 3.27. The number of rotatable bonds is 4. The molecule has 0 aromatic rings. The van der Waals surface area contributed by atoms with Crippen LogP contribution in [-0.2, 0) is 4.79 Å². The van der Waals surface area contributed by atoms with E-state index in [0.717, 1.165) is 45.3 Å². The predicted octanol–water partition coefficient (Wildman–Crippen LogP) is 2.11. The molecule has 0 aromatic carbocycles. The third-order valence-corrected chi connectivity index (χ3v) is 4.10. The summed E-state index contributed by atoms with van der Waals surface area (Å²) in [6.45, 7) is 2.72. The zero-order valence-corrected chi connectivity index (χ0v) is 11.0. The van der Waals surface area contributed by atoms with Crippen molar-refractivity contribution in [3.05, 3.63) is 0 Å². The van der Waals surface area contributed by atoms with Gasteiger partial charge in [-0.25, -0.2) is 0 Å². The van der Waals surface area contributed by atoms with Crippen molar-refractivity contribution in [3.63, 3.8) is 0 Å². The fourth-order valence-electron chi connectivity index (χ4n) is 3.14. The molecule has 0 bridgehead atoms. The van der Waals surface area contributed by atoms with Crippen LogP contribution in [0.3, 0.4) is 0 Å². The maximum absolute atomic E-state index is 12.2. The van der Waals surface area contributed by atoms with E-state index < -0.39 is 12.6 Å². The molecule has 2 saturated heterocycles. The lowest BCUT2D eigenvalue weighted by Gasteiger charge is -2.35. The summed E-state index contributed by atoms with van der Waals surface area (Å²) >= 11 is 0. The topological polar surface area (TPSA) is 32.3 Å². The highest BCUT2D eigenvalue weighted by Gasteiger charge is 2.37. The molecule has 1 unspecified atom stereocenters.